The van der Waals surface area contributed by atoms with Gasteiger partial charge in [-0.15, -0.1) is 0 Å². The summed E-state index contributed by atoms with van der Waals surface area (Å²) >= 11 is 0. The Bertz CT molecular complexity index is 1540. The molecule has 8 nitrogen and oxygen atoms in total. The number of hydrogen-bond acceptors (Lipinski definition) is 6. The van der Waals surface area contributed by atoms with Crippen LogP contribution in [0.5, 0.6) is 0 Å². The van der Waals surface area contributed by atoms with Gasteiger partial charge in [-0.3, -0.25) is 4.79 Å². The first-order chi connectivity index (χ1) is 16.5. The van der Waals surface area contributed by atoms with Crippen LogP contribution in [-0.4, -0.2) is 30.8 Å². The van der Waals surface area contributed by atoms with Crippen molar-refractivity contribution in [3.63, 3.8) is 0 Å². The van der Waals surface area contributed by atoms with Crippen LogP contribution in [0.25, 0.3) is 22.4 Å². The largest absolute Gasteiger partial charge is 0.340 e. The van der Waals surface area contributed by atoms with Crippen LogP contribution in [0.2, 0.25) is 0 Å². The number of aromatic nitrogens is 5. The summed E-state index contributed by atoms with van der Waals surface area (Å²) in [6.07, 6.45) is 4.46. The molecule has 0 unspecified atom stereocenters. The second kappa shape index (κ2) is 8.62. The van der Waals surface area contributed by atoms with Crippen LogP contribution in [0.15, 0.2) is 67.4 Å². The number of carbonyl (C=O) groups excluding carboxylic acids is 1. The maximum Gasteiger partial charge on any atom is 0.258 e. The molecule has 0 atom stereocenters. The summed E-state index contributed by atoms with van der Waals surface area (Å²) in [5, 5.41) is 5.42. The molecular formula is C23H14F3N7O. The summed E-state index contributed by atoms with van der Waals surface area (Å²) in [5.41, 5.74) is 2.29. The van der Waals surface area contributed by atoms with Gasteiger partial charge in [-0.25, -0.2) is 33.1 Å². The zero-order valence-electron chi connectivity index (χ0n) is 17.2. The van der Waals surface area contributed by atoms with Gasteiger partial charge in [-0.2, -0.15) is 0 Å². The highest BCUT2D eigenvalue weighted by Gasteiger charge is 2.17. The molecule has 0 saturated carbocycles. The second-order valence-electron chi connectivity index (χ2n) is 7.12. The molecule has 0 aliphatic heterocycles. The van der Waals surface area contributed by atoms with Gasteiger partial charge in [0.2, 0.25) is 0 Å². The summed E-state index contributed by atoms with van der Waals surface area (Å²) in [6.45, 7) is 0. The lowest BCUT2D eigenvalue weighted by Crippen LogP contribution is -2.14. The van der Waals surface area contributed by atoms with Gasteiger partial charge in [0.15, 0.2) is 17.3 Å². The maximum atomic E-state index is 14.4. The fourth-order valence-electron chi connectivity index (χ4n) is 3.34. The molecule has 2 aromatic carbocycles. The van der Waals surface area contributed by atoms with Crippen LogP contribution in [0.4, 0.5) is 30.4 Å². The van der Waals surface area contributed by atoms with Crippen LogP contribution in [0.3, 0.4) is 0 Å². The van der Waals surface area contributed by atoms with E-state index in [1.165, 1.54) is 30.9 Å². The van der Waals surface area contributed by atoms with Gasteiger partial charge in [0.1, 0.15) is 29.2 Å². The van der Waals surface area contributed by atoms with E-state index >= 15 is 0 Å². The molecule has 0 aliphatic carbocycles. The number of anilines is 3. The van der Waals surface area contributed by atoms with E-state index in [1.807, 2.05) is 0 Å². The minimum atomic E-state index is -1.13. The maximum absolute atomic E-state index is 14.4. The summed E-state index contributed by atoms with van der Waals surface area (Å²) in [5.74, 6) is -3.42. The fourth-order valence-corrected chi connectivity index (χ4v) is 3.34. The lowest BCUT2D eigenvalue weighted by Gasteiger charge is -2.12. The number of carbonyl (C=O) groups is 1. The Kier molecular flexibility index (Phi) is 5.34. The Morgan fingerprint density at radius 1 is 0.853 bits per heavy atom. The van der Waals surface area contributed by atoms with Gasteiger partial charge < -0.3 is 15.6 Å². The monoisotopic (exact) mass is 461 g/mol. The molecule has 168 valence electrons. The number of nitrogens with one attached hydrogen (secondary N) is 3. The van der Waals surface area contributed by atoms with Crippen molar-refractivity contribution in [2.75, 3.05) is 10.6 Å². The van der Waals surface area contributed by atoms with Crippen molar-refractivity contribution in [3.8, 4) is 11.3 Å². The normalized spacial score (nSPS) is 10.9. The van der Waals surface area contributed by atoms with E-state index in [2.05, 4.69) is 35.6 Å². The molecule has 5 aromatic rings. The summed E-state index contributed by atoms with van der Waals surface area (Å²) in [4.78, 5) is 32.6. The molecule has 3 aromatic heterocycles. The number of benzene rings is 2. The molecule has 0 fully saturated rings. The highest BCUT2D eigenvalue weighted by molar-refractivity contribution is 6.05. The van der Waals surface area contributed by atoms with Gasteiger partial charge in [-0.1, -0.05) is 0 Å². The number of imidazole rings is 1. The SMILES string of the molecule is O=C(Nc1ccc(F)c(F)c1)c1cc(Nc2ncccc2-c2ncnc3[nH]cnc23)ccc1F. The van der Waals surface area contributed by atoms with E-state index in [1.54, 1.807) is 18.3 Å². The van der Waals surface area contributed by atoms with Gasteiger partial charge in [0.25, 0.3) is 5.91 Å². The van der Waals surface area contributed by atoms with Gasteiger partial charge in [0, 0.05) is 29.2 Å². The fraction of sp³-hybridized carbons (Fsp3) is 0. The Hall–Kier alpha value is -4.80. The third-order valence-corrected chi connectivity index (χ3v) is 4.93. The predicted molar refractivity (Wildman–Crippen MR) is 119 cm³/mol. The smallest absolute Gasteiger partial charge is 0.258 e. The lowest BCUT2D eigenvalue weighted by atomic mass is 10.1. The molecule has 0 aliphatic rings. The Labute approximate surface area is 189 Å². The number of amides is 1. The van der Waals surface area contributed by atoms with Crippen molar-refractivity contribution in [2.45, 2.75) is 0 Å². The van der Waals surface area contributed by atoms with Gasteiger partial charge >= 0.3 is 0 Å². The number of pyridine rings is 1. The van der Waals surface area contributed by atoms with Crippen molar-refractivity contribution in [1.82, 2.24) is 24.9 Å². The Morgan fingerprint density at radius 2 is 1.68 bits per heavy atom. The van der Waals surface area contributed by atoms with Crippen molar-refractivity contribution in [3.05, 3.63) is 90.4 Å². The minimum Gasteiger partial charge on any atom is -0.340 e. The zero-order chi connectivity index (χ0) is 23.7. The second-order valence-corrected chi connectivity index (χ2v) is 7.12. The van der Waals surface area contributed by atoms with Crippen molar-refractivity contribution in [2.24, 2.45) is 0 Å². The van der Waals surface area contributed by atoms with Gasteiger partial charge in [-0.05, 0) is 42.5 Å². The van der Waals surface area contributed by atoms with E-state index in [0.29, 0.717) is 33.9 Å². The number of hydrogen-bond donors (Lipinski definition) is 3. The van der Waals surface area contributed by atoms with E-state index < -0.39 is 23.4 Å². The number of halogens is 3. The first-order valence-corrected chi connectivity index (χ1v) is 9.92. The highest BCUT2D eigenvalue weighted by atomic mass is 19.2. The average Bonchev–Trinajstić information content (AvgIpc) is 3.32. The standard InChI is InChI=1S/C23H14F3N7O/c24-16-5-3-12(8-15(16)23(34)33-13-4-6-17(25)18(26)9-13)32-21-14(2-1-7-27-21)19-20-22(30-10-28-19)31-11-29-20/h1-11H,(H,27,32)(H,33,34)(H,28,29,30,31). The molecule has 3 N–H and O–H groups in total. The van der Waals surface area contributed by atoms with Crippen LogP contribution < -0.4 is 10.6 Å². The number of aromatic amines is 1. The molecule has 11 heteroatoms. The molecule has 5 rings (SSSR count). The van der Waals surface area contributed by atoms with E-state index in [4.69, 9.17) is 0 Å². The van der Waals surface area contributed by atoms with Crippen LogP contribution in [-0.2, 0) is 0 Å². The Morgan fingerprint density at radius 3 is 2.53 bits per heavy atom. The highest BCUT2D eigenvalue weighted by Crippen LogP contribution is 2.30. The van der Waals surface area contributed by atoms with E-state index in [0.717, 1.165) is 18.2 Å². The third kappa shape index (κ3) is 4.01. The predicted octanol–water partition coefficient (Wildman–Crippen LogP) is 4.83. The van der Waals surface area contributed by atoms with Crippen molar-refractivity contribution >= 4 is 34.3 Å². The van der Waals surface area contributed by atoms with Crippen LogP contribution >= 0.6 is 0 Å². The third-order valence-electron chi connectivity index (χ3n) is 4.93. The quantitative estimate of drug-likeness (QED) is 0.346. The lowest BCUT2D eigenvalue weighted by molar-refractivity contribution is 0.102. The number of rotatable bonds is 5. The molecule has 1 amide bonds. The summed E-state index contributed by atoms with van der Waals surface area (Å²) in [6, 6.07) is 10.2. The van der Waals surface area contributed by atoms with Crippen LogP contribution in [0.1, 0.15) is 10.4 Å². The Balaban J connectivity index is 1.45. The summed E-state index contributed by atoms with van der Waals surface area (Å²) in [7, 11) is 0. The molecule has 0 saturated heterocycles. The number of H-pyrrole nitrogens is 1. The molecule has 34 heavy (non-hydrogen) atoms. The van der Waals surface area contributed by atoms with Crippen molar-refractivity contribution < 1.29 is 18.0 Å². The summed E-state index contributed by atoms with van der Waals surface area (Å²) < 4.78 is 41.0. The van der Waals surface area contributed by atoms with Crippen molar-refractivity contribution in [1.29, 1.82) is 0 Å². The number of fused-ring (bicyclic) bond motifs is 1. The van der Waals surface area contributed by atoms with E-state index in [9.17, 15) is 18.0 Å². The minimum absolute atomic E-state index is 0.0135. The van der Waals surface area contributed by atoms with E-state index in [-0.39, 0.29) is 11.3 Å². The molecule has 0 bridgehead atoms. The molecule has 0 spiro atoms. The molecular weight excluding hydrogens is 447 g/mol. The molecule has 0 radical (unpaired) electrons. The topological polar surface area (TPSA) is 108 Å². The average molecular weight is 461 g/mol. The van der Waals surface area contributed by atoms with Crippen LogP contribution in [0, 0.1) is 17.5 Å². The molecule has 3 heterocycles. The first-order valence-electron chi connectivity index (χ1n) is 9.92. The first kappa shape index (κ1) is 21.1. The van der Waals surface area contributed by atoms with Gasteiger partial charge in [0.05, 0.1) is 11.9 Å². The number of nitrogens with zero attached hydrogens (tertiary/aromatic N) is 4. The zero-order valence-corrected chi connectivity index (χ0v) is 17.2.